The molecule has 28 heavy (non-hydrogen) atoms. The van der Waals surface area contributed by atoms with E-state index in [0.717, 1.165) is 16.9 Å². The van der Waals surface area contributed by atoms with Crippen molar-refractivity contribution in [2.45, 2.75) is 25.8 Å². The molecule has 1 aliphatic rings. The largest absolute Gasteiger partial charge is 0.325 e. The van der Waals surface area contributed by atoms with Gasteiger partial charge in [0.15, 0.2) is 0 Å². The Morgan fingerprint density at radius 1 is 1.14 bits per heavy atom. The zero-order valence-electron chi connectivity index (χ0n) is 15.7. The van der Waals surface area contributed by atoms with Gasteiger partial charge in [-0.25, -0.2) is 4.79 Å². The third-order valence-corrected chi connectivity index (χ3v) is 4.81. The molecule has 3 rings (SSSR count). The van der Waals surface area contributed by atoms with Crippen LogP contribution < -0.4 is 10.6 Å². The summed E-state index contributed by atoms with van der Waals surface area (Å²) in [5, 5.41) is 14.2. The maximum absolute atomic E-state index is 12.9. The standard InChI is InChI=1S/C21H20N4O3/c1-3-14-6-10-17(11-7-14)23-18(26)13-25-19(27)21(2,24-20(25)28)16-8-4-15(12-22)5-9-16/h4-11H,3,13H2,1-2H3,(H,23,26)(H,24,28). The summed E-state index contributed by atoms with van der Waals surface area (Å²) in [6, 6.07) is 15.2. The molecule has 7 nitrogen and oxygen atoms in total. The average molecular weight is 376 g/mol. The minimum Gasteiger partial charge on any atom is -0.325 e. The molecule has 0 aromatic heterocycles. The second-order valence-electron chi connectivity index (χ2n) is 6.73. The van der Waals surface area contributed by atoms with Gasteiger partial charge >= 0.3 is 6.03 Å². The van der Waals surface area contributed by atoms with Gasteiger partial charge in [-0.1, -0.05) is 31.2 Å². The van der Waals surface area contributed by atoms with Crippen LogP contribution in [0.3, 0.4) is 0 Å². The van der Waals surface area contributed by atoms with Crippen molar-refractivity contribution in [1.82, 2.24) is 10.2 Å². The fourth-order valence-electron chi connectivity index (χ4n) is 3.08. The van der Waals surface area contributed by atoms with E-state index in [1.54, 1.807) is 43.3 Å². The van der Waals surface area contributed by atoms with E-state index in [0.29, 0.717) is 16.8 Å². The van der Waals surface area contributed by atoms with E-state index in [2.05, 4.69) is 10.6 Å². The molecule has 2 N–H and O–H groups in total. The molecule has 0 bridgehead atoms. The van der Waals surface area contributed by atoms with Gasteiger partial charge in [0, 0.05) is 5.69 Å². The first-order valence-electron chi connectivity index (χ1n) is 8.91. The van der Waals surface area contributed by atoms with Crippen LogP contribution in [-0.4, -0.2) is 29.3 Å². The summed E-state index contributed by atoms with van der Waals surface area (Å²) < 4.78 is 0. The van der Waals surface area contributed by atoms with Crippen molar-refractivity contribution in [3.8, 4) is 6.07 Å². The number of carbonyl (C=O) groups excluding carboxylic acids is 3. The molecule has 2 aromatic rings. The number of urea groups is 1. The topological polar surface area (TPSA) is 102 Å². The van der Waals surface area contributed by atoms with Crippen molar-refractivity contribution in [1.29, 1.82) is 5.26 Å². The second kappa shape index (κ2) is 7.53. The van der Waals surface area contributed by atoms with Crippen molar-refractivity contribution < 1.29 is 14.4 Å². The quantitative estimate of drug-likeness (QED) is 0.783. The van der Waals surface area contributed by atoms with Gasteiger partial charge < -0.3 is 10.6 Å². The molecule has 1 atom stereocenters. The van der Waals surface area contributed by atoms with Crippen molar-refractivity contribution in [2.24, 2.45) is 0 Å². The van der Waals surface area contributed by atoms with Crippen LogP contribution in [0.1, 0.15) is 30.5 Å². The molecule has 1 aliphatic heterocycles. The number of aryl methyl sites for hydroxylation is 1. The molecule has 2 aromatic carbocycles. The molecule has 1 saturated heterocycles. The highest BCUT2D eigenvalue weighted by Gasteiger charge is 2.49. The van der Waals surface area contributed by atoms with Crippen molar-refractivity contribution in [3.63, 3.8) is 0 Å². The summed E-state index contributed by atoms with van der Waals surface area (Å²) in [5.74, 6) is -0.976. The lowest BCUT2D eigenvalue weighted by molar-refractivity contribution is -0.133. The van der Waals surface area contributed by atoms with Crippen molar-refractivity contribution in [2.75, 3.05) is 11.9 Å². The third kappa shape index (κ3) is 3.58. The number of anilines is 1. The smallest absolute Gasteiger partial charge is 0.325 e. The van der Waals surface area contributed by atoms with E-state index in [-0.39, 0.29) is 6.54 Å². The molecule has 1 heterocycles. The van der Waals surface area contributed by atoms with Gasteiger partial charge in [0.2, 0.25) is 5.91 Å². The Labute approximate surface area is 163 Å². The highest BCUT2D eigenvalue weighted by molar-refractivity contribution is 6.10. The van der Waals surface area contributed by atoms with Crippen LogP contribution in [0.5, 0.6) is 0 Å². The lowest BCUT2D eigenvalue weighted by Gasteiger charge is -2.22. The fourth-order valence-corrected chi connectivity index (χ4v) is 3.08. The van der Waals surface area contributed by atoms with E-state index in [1.165, 1.54) is 0 Å². The summed E-state index contributed by atoms with van der Waals surface area (Å²) in [5.41, 5.74) is 1.46. The number of hydrogen-bond acceptors (Lipinski definition) is 4. The first kappa shape index (κ1) is 19.1. The molecule has 0 spiro atoms. The zero-order valence-corrected chi connectivity index (χ0v) is 15.7. The average Bonchev–Trinajstić information content (AvgIpc) is 2.92. The number of carbonyl (C=O) groups is 3. The highest BCUT2D eigenvalue weighted by Crippen LogP contribution is 2.29. The maximum Gasteiger partial charge on any atom is 0.325 e. The van der Waals surface area contributed by atoms with Crippen LogP contribution in [0.2, 0.25) is 0 Å². The number of amides is 4. The maximum atomic E-state index is 12.9. The lowest BCUT2D eigenvalue weighted by Crippen LogP contribution is -2.42. The van der Waals surface area contributed by atoms with E-state index in [9.17, 15) is 14.4 Å². The van der Waals surface area contributed by atoms with E-state index >= 15 is 0 Å². The SMILES string of the molecule is CCc1ccc(NC(=O)CN2C(=O)NC(C)(c3ccc(C#N)cc3)C2=O)cc1. The Kier molecular flexibility index (Phi) is 5.14. The van der Waals surface area contributed by atoms with Gasteiger partial charge in [-0.3, -0.25) is 14.5 Å². The number of nitrogens with zero attached hydrogens (tertiary/aromatic N) is 2. The Morgan fingerprint density at radius 2 is 1.79 bits per heavy atom. The zero-order chi connectivity index (χ0) is 20.3. The fraction of sp³-hybridized carbons (Fsp3) is 0.238. The van der Waals surface area contributed by atoms with Crippen LogP contribution in [0, 0.1) is 11.3 Å². The predicted molar refractivity (Wildman–Crippen MR) is 103 cm³/mol. The Hall–Kier alpha value is -3.66. The molecule has 7 heteroatoms. The minimum absolute atomic E-state index is 0.383. The first-order valence-corrected chi connectivity index (χ1v) is 8.91. The van der Waals surface area contributed by atoms with Gasteiger partial charge in [-0.2, -0.15) is 5.26 Å². The summed E-state index contributed by atoms with van der Waals surface area (Å²) in [6.45, 7) is 3.23. The van der Waals surface area contributed by atoms with Crippen LogP contribution in [0.25, 0.3) is 0 Å². The molecule has 1 unspecified atom stereocenters. The lowest BCUT2D eigenvalue weighted by atomic mass is 9.91. The highest BCUT2D eigenvalue weighted by atomic mass is 16.2. The number of nitriles is 1. The number of rotatable bonds is 5. The van der Waals surface area contributed by atoms with Gasteiger partial charge in [-0.15, -0.1) is 0 Å². The number of hydrogen-bond donors (Lipinski definition) is 2. The van der Waals surface area contributed by atoms with Gasteiger partial charge in [-0.05, 0) is 48.7 Å². The first-order chi connectivity index (χ1) is 13.4. The normalized spacial score (nSPS) is 18.5. The Bertz CT molecular complexity index is 961. The molecule has 1 fully saturated rings. The van der Waals surface area contributed by atoms with Gasteiger partial charge in [0.1, 0.15) is 12.1 Å². The summed E-state index contributed by atoms with van der Waals surface area (Å²) in [7, 11) is 0. The van der Waals surface area contributed by atoms with Crippen LogP contribution in [0.15, 0.2) is 48.5 Å². The van der Waals surface area contributed by atoms with Gasteiger partial charge in [0.05, 0.1) is 11.6 Å². The number of nitrogens with one attached hydrogen (secondary N) is 2. The molecular formula is C21H20N4O3. The van der Waals surface area contributed by atoms with Gasteiger partial charge in [0.25, 0.3) is 5.91 Å². The van der Waals surface area contributed by atoms with Crippen molar-refractivity contribution >= 4 is 23.5 Å². The predicted octanol–water partition coefficient (Wildman–Crippen LogP) is 2.53. The monoisotopic (exact) mass is 376 g/mol. The molecule has 0 saturated carbocycles. The third-order valence-electron chi connectivity index (χ3n) is 4.81. The summed E-state index contributed by atoms with van der Waals surface area (Å²) >= 11 is 0. The van der Waals surface area contributed by atoms with E-state index < -0.39 is 23.4 Å². The Morgan fingerprint density at radius 3 is 2.36 bits per heavy atom. The van der Waals surface area contributed by atoms with Crippen LogP contribution in [-0.2, 0) is 21.5 Å². The van der Waals surface area contributed by atoms with Crippen LogP contribution in [0.4, 0.5) is 10.5 Å². The van der Waals surface area contributed by atoms with E-state index in [1.807, 2.05) is 25.1 Å². The molecule has 142 valence electrons. The number of imide groups is 1. The van der Waals surface area contributed by atoms with Crippen LogP contribution >= 0.6 is 0 Å². The molecule has 0 aliphatic carbocycles. The second-order valence-corrected chi connectivity index (χ2v) is 6.73. The molecule has 4 amide bonds. The summed E-state index contributed by atoms with van der Waals surface area (Å²) in [6.07, 6.45) is 0.893. The minimum atomic E-state index is -1.28. The summed E-state index contributed by atoms with van der Waals surface area (Å²) in [4.78, 5) is 38.4. The number of benzene rings is 2. The van der Waals surface area contributed by atoms with Crippen molar-refractivity contribution in [3.05, 3.63) is 65.2 Å². The van der Waals surface area contributed by atoms with E-state index in [4.69, 9.17) is 5.26 Å². The molecule has 0 radical (unpaired) electrons. The molecular weight excluding hydrogens is 356 g/mol. The Balaban J connectivity index is 1.71.